The highest BCUT2D eigenvalue weighted by Crippen LogP contribution is 2.44. The summed E-state index contributed by atoms with van der Waals surface area (Å²) in [6.07, 6.45) is -0.228. The molecule has 4 aromatic rings. The first-order valence-electron chi connectivity index (χ1n) is 9.77. The molecule has 5 rings (SSSR count). The monoisotopic (exact) mass is 484 g/mol. The van der Waals surface area contributed by atoms with Crippen LogP contribution < -0.4 is 5.32 Å². The second-order valence-corrected chi connectivity index (χ2v) is 8.23. The molecule has 33 heavy (non-hydrogen) atoms. The highest BCUT2D eigenvalue weighted by molar-refractivity contribution is 6.35. The van der Waals surface area contributed by atoms with E-state index >= 15 is 4.39 Å². The van der Waals surface area contributed by atoms with Crippen LogP contribution in [-0.4, -0.2) is 42.8 Å². The van der Waals surface area contributed by atoms with E-state index in [2.05, 4.69) is 25.5 Å². The van der Waals surface area contributed by atoms with Crippen molar-refractivity contribution in [1.82, 2.24) is 24.6 Å². The van der Waals surface area contributed by atoms with Crippen LogP contribution in [0.1, 0.15) is 24.8 Å². The summed E-state index contributed by atoms with van der Waals surface area (Å²) >= 11 is 6.20. The largest absolute Gasteiger partial charge is 0.395 e. The maximum absolute atomic E-state index is 15.1. The molecule has 1 fully saturated rings. The lowest BCUT2D eigenvalue weighted by Gasteiger charge is -2.19. The first-order chi connectivity index (χ1) is 15.6. The number of carbonyl (C=O) groups excluding carboxylic acids is 1. The number of carbonyl (C=O) groups is 1. The number of anilines is 1. The zero-order valence-electron chi connectivity index (χ0n) is 16.7. The first kappa shape index (κ1) is 21.6. The summed E-state index contributed by atoms with van der Waals surface area (Å²) in [5.74, 6) is -4.37. The molecule has 1 aliphatic carbocycles. The van der Waals surface area contributed by atoms with Crippen molar-refractivity contribution in [2.45, 2.75) is 31.6 Å². The summed E-state index contributed by atoms with van der Waals surface area (Å²) in [6, 6.07) is 0. The van der Waals surface area contributed by atoms with E-state index in [4.69, 9.17) is 11.6 Å². The minimum Gasteiger partial charge on any atom is -0.309 e. The lowest BCUT2D eigenvalue weighted by molar-refractivity contribution is -0.146. The number of aromatic nitrogens is 5. The van der Waals surface area contributed by atoms with Crippen LogP contribution in [0.4, 0.5) is 27.8 Å². The summed E-state index contributed by atoms with van der Waals surface area (Å²) < 4.78 is 69.6. The molecule has 1 aliphatic rings. The molecule has 0 spiro atoms. The van der Waals surface area contributed by atoms with E-state index in [1.807, 2.05) is 0 Å². The van der Waals surface area contributed by atoms with Crippen LogP contribution in [0.5, 0.6) is 0 Å². The number of nitrogens with zero attached hydrogens (tertiary/aromatic N) is 4. The van der Waals surface area contributed by atoms with E-state index in [9.17, 15) is 22.4 Å². The Morgan fingerprint density at radius 1 is 1.33 bits per heavy atom. The molecular formula is C20H14ClF5N6O. The Kier molecular flexibility index (Phi) is 4.82. The van der Waals surface area contributed by atoms with Crippen LogP contribution in [-0.2, 0) is 4.79 Å². The van der Waals surface area contributed by atoms with Crippen LogP contribution in [0.15, 0.2) is 24.8 Å². The summed E-state index contributed by atoms with van der Waals surface area (Å²) in [5.41, 5.74) is -0.254. The maximum atomic E-state index is 15.1. The van der Waals surface area contributed by atoms with Gasteiger partial charge in [0.1, 0.15) is 12.0 Å². The van der Waals surface area contributed by atoms with Gasteiger partial charge in [-0.05, 0) is 13.3 Å². The Morgan fingerprint density at radius 3 is 2.73 bits per heavy atom. The molecule has 0 aliphatic heterocycles. The number of halogens is 6. The predicted molar refractivity (Wildman–Crippen MR) is 109 cm³/mol. The maximum Gasteiger partial charge on any atom is 0.395 e. The molecule has 0 saturated heterocycles. The van der Waals surface area contributed by atoms with Gasteiger partial charge in [0.05, 0.1) is 46.7 Å². The number of imidazole rings is 1. The fourth-order valence-corrected chi connectivity index (χ4v) is 4.00. The molecule has 0 bridgehead atoms. The van der Waals surface area contributed by atoms with Crippen LogP contribution in [0.3, 0.4) is 0 Å². The third-order valence-electron chi connectivity index (χ3n) is 5.65. The summed E-state index contributed by atoms with van der Waals surface area (Å²) in [4.78, 5) is 20.3. The number of benzene rings is 1. The third-order valence-corrected chi connectivity index (χ3v) is 6.00. The Balaban J connectivity index is 1.59. The van der Waals surface area contributed by atoms with Gasteiger partial charge >= 0.3 is 6.18 Å². The Morgan fingerprint density at radius 2 is 2.06 bits per heavy atom. The number of aromatic amines is 1. The van der Waals surface area contributed by atoms with Crippen LogP contribution in [0, 0.1) is 11.7 Å². The second kappa shape index (κ2) is 7.37. The summed E-state index contributed by atoms with van der Waals surface area (Å²) in [6.45, 7) is 0.840. The first-order valence-corrected chi connectivity index (χ1v) is 10.1. The van der Waals surface area contributed by atoms with Crippen molar-refractivity contribution in [3.63, 3.8) is 0 Å². The lowest BCUT2D eigenvalue weighted by atomic mass is 9.94. The van der Waals surface area contributed by atoms with Crippen LogP contribution in [0.25, 0.3) is 27.8 Å². The van der Waals surface area contributed by atoms with Gasteiger partial charge in [-0.3, -0.25) is 14.9 Å². The smallest absolute Gasteiger partial charge is 0.309 e. The van der Waals surface area contributed by atoms with E-state index in [0.29, 0.717) is 5.65 Å². The molecule has 2 N–H and O–H groups in total. The minimum absolute atomic E-state index is 0.0514. The Labute approximate surface area is 187 Å². The molecule has 3 aromatic heterocycles. The zero-order valence-corrected chi connectivity index (χ0v) is 17.5. The van der Waals surface area contributed by atoms with Crippen molar-refractivity contribution >= 4 is 39.9 Å². The predicted octanol–water partition coefficient (Wildman–Crippen LogP) is 5.03. The molecule has 3 heterocycles. The second-order valence-electron chi connectivity index (χ2n) is 7.85. The summed E-state index contributed by atoms with van der Waals surface area (Å²) in [5, 5.41) is 8.36. The van der Waals surface area contributed by atoms with E-state index in [1.54, 1.807) is 0 Å². The molecular weight excluding hydrogens is 471 g/mol. The normalized spacial score (nSPS) is 19.2. The minimum atomic E-state index is -4.69. The lowest BCUT2D eigenvalue weighted by Crippen LogP contribution is -2.19. The van der Waals surface area contributed by atoms with Crippen LogP contribution >= 0.6 is 11.6 Å². The van der Waals surface area contributed by atoms with E-state index in [-0.39, 0.29) is 34.4 Å². The van der Waals surface area contributed by atoms with Gasteiger partial charge in [-0.25, -0.2) is 13.8 Å². The number of alkyl halides is 4. The topological polar surface area (TPSA) is 88.0 Å². The van der Waals surface area contributed by atoms with E-state index in [0.717, 1.165) is 6.92 Å². The van der Waals surface area contributed by atoms with Gasteiger partial charge in [0.25, 0.3) is 0 Å². The van der Waals surface area contributed by atoms with Gasteiger partial charge in [0.15, 0.2) is 11.5 Å². The fourth-order valence-electron chi connectivity index (χ4n) is 3.70. The average Bonchev–Trinajstić information content (AvgIpc) is 3.11. The molecule has 172 valence electrons. The number of amides is 1. The van der Waals surface area contributed by atoms with Gasteiger partial charge in [-0.2, -0.15) is 18.3 Å². The third kappa shape index (κ3) is 3.58. The number of fused-ring (bicyclic) bond motifs is 2. The number of nitrogens with one attached hydrogen (secondary N) is 2. The van der Waals surface area contributed by atoms with Crippen molar-refractivity contribution < 1.29 is 26.7 Å². The molecule has 1 saturated carbocycles. The number of hydrogen-bond acceptors (Lipinski definition) is 4. The Hall–Kier alpha value is -3.28. The highest BCUT2D eigenvalue weighted by Gasteiger charge is 2.44. The molecule has 1 amide bonds. The van der Waals surface area contributed by atoms with Crippen molar-refractivity contribution in [2.75, 3.05) is 5.32 Å². The highest BCUT2D eigenvalue weighted by atomic mass is 35.5. The quantitative estimate of drug-likeness (QED) is 0.398. The van der Waals surface area contributed by atoms with Crippen LogP contribution in [0.2, 0.25) is 5.02 Å². The van der Waals surface area contributed by atoms with Gasteiger partial charge < -0.3 is 9.72 Å². The van der Waals surface area contributed by atoms with E-state index in [1.165, 1.54) is 29.2 Å². The van der Waals surface area contributed by atoms with Crippen molar-refractivity contribution in [3.05, 3.63) is 41.2 Å². The van der Waals surface area contributed by atoms with Gasteiger partial charge in [0, 0.05) is 22.7 Å². The molecule has 13 heteroatoms. The Bertz CT molecular complexity index is 1410. The van der Waals surface area contributed by atoms with E-state index < -0.39 is 46.5 Å². The average molecular weight is 485 g/mol. The standard InChI is InChI=1S/C20H14ClF5N6O/c1-7(20(24,25)26)14-17(23)16(21)15(9-3-28-31-18(9)14)11-5-32-6-12(29-13(32)4-27-11)30-19(33)8-2-10(8)22/h3-8,10H,2H2,1H3,(H,28,31)(H,30,33)/t7-,8?,10?/m1/s1. The fraction of sp³-hybridized carbons (Fsp3) is 0.300. The van der Waals surface area contributed by atoms with Gasteiger partial charge in [0.2, 0.25) is 5.91 Å². The number of H-pyrrole nitrogens is 1. The molecule has 2 unspecified atom stereocenters. The summed E-state index contributed by atoms with van der Waals surface area (Å²) in [7, 11) is 0. The van der Waals surface area contributed by atoms with Crippen molar-refractivity contribution in [2.24, 2.45) is 5.92 Å². The van der Waals surface area contributed by atoms with Crippen molar-refractivity contribution in [3.8, 4) is 11.3 Å². The molecule has 1 aromatic carbocycles. The zero-order chi connectivity index (χ0) is 23.7. The molecule has 0 radical (unpaired) electrons. The van der Waals surface area contributed by atoms with Gasteiger partial charge in [-0.1, -0.05) is 11.6 Å². The van der Waals surface area contributed by atoms with Gasteiger partial charge in [-0.15, -0.1) is 0 Å². The van der Waals surface area contributed by atoms with Crippen molar-refractivity contribution in [1.29, 1.82) is 0 Å². The molecule has 3 atom stereocenters. The number of hydrogen-bond donors (Lipinski definition) is 2. The SMILES string of the molecule is C[C@H](c1c(F)c(Cl)c(-c2cn3cc(NC(=O)C4CC4F)nc3cn2)c2cn[nH]c12)C(F)(F)F. The number of rotatable bonds is 4. The molecule has 7 nitrogen and oxygen atoms in total.